The van der Waals surface area contributed by atoms with Gasteiger partial charge < -0.3 is 9.64 Å². The van der Waals surface area contributed by atoms with Crippen molar-refractivity contribution in [1.82, 2.24) is 24.9 Å². The van der Waals surface area contributed by atoms with Crippen molar-refractivity contribution in [2.24, 2.45) is 5.92 Å². The van der Waals surface area contributed by atoms with Crippen LogP contribution in [0, 0.1) is 18.7 Å². The first kappa shape index (κ1) is 23.7. The van der Waals surface area contributed by atoms with Gasteiger partial charge in [0.15, 0.2) is 5.82 Å². The Kier molecular flexibility index (Phi) is 6.54. The highest BCUT2D eigenvalue weighted by molar-refractivity contribution is 5.99. The Hall–Kier alpha value is -3.50. The van der Waals surface area contributed by atoms with Crippen LogP contribution in [0.2, 0.25) is 0 Å². The van der Waals surface area contributed by atoms with Crippen LogP contribution in [0.4, 0.5) is 17.6 Å². The first-order valence-corrected chi connectivity index (χ1v) is 10.8. The first-order valence-electron chi connectivity index (χ1n) is 10.8. The summed E-state index contributed by atoms with van der Waals surface area (Å²) in [6.45, 7) is 4.15. The number of alkyl halides is 3. The van der Waals surface area contributed by atoms with Gasteiger partial charge in [-0.25, -0.2) is 9.37 Å². The number of ether oxygens (including phenoxy) is 1. The number of likely N-dealkylation sites (tertiary alicyclic amines) is 1. The maximum atomic E-state index is 14.8. The number of aryl methyl sites for hydroxylation is 1. The molecule has 0 aliphatic carbocycles. The summed E-state index contributed by atoms with van der Waals surface area (Å²) in [6.07, 6.45) is 0.609. The Morgan fingerprint density at radius 3 is 2.56 bits per heavy atom. The third kappa shape index (κ3) is 4.73. The van der Waals surface area contributed by atoms with Crippen LogP contribution in [0.25, 0.3) is 5.69 Å². The summed E-state index contributed by atoms with van der Waals surface area (Å²) >= 11 is 0. The predicted molar refractivity (Wildman–Crippen MR) is 114 cm³/mol. The molecule has 11 heteroatoms. The molecule has 0 N–H and O–H groups in total. The maximum Gasteiger partial charge on any atom is 0.417 e. The van der Waals surface area contributed by atoms with Crippen LogP contribution in [-0.2, 0) is 6.18 Å². The minimum atomic E-state index is -4.49. The number of piperidine rings is 1. The highest BCUT2D eigenvalue weighted by Gasteiger charge is 2.36. The van der Waals surface area contributed by atoms with E-state index in [1.54, 1.807) is 11.8 Å². The summed E-state index contributed by atoms with van der Waals surface area (Å²) in [5.74, 6) is -0.935. The Balaban J connectivity index is 1.60. The Labute approximate surface area is 193 Å². The topological polar surface area (TPSA) is 73.1 Å². The lowest BCUT2D eigenvalue weighted by Gasteiger charge is -2.40. The fraction of sp³-hybridized carbons (Fsp3) is 0.391. The number of nitrogens with zero attached hydrogens (tertiary/aromatic N) is 5. The van der Waals surface area contributed by atoms with Crippen molar-refractivity contribution in [3.05, 3.63) is 65.4 Å². The average molecular weight is 477 g/mol. The number of pyridine rings is 1. The monoisotopic (exact) mass is 477 g/mol. The summed E-state index contributed by atoms with van der Waals surface area (Å²) < 4.78 is 58.8. The molecule has 1 amide bonds. The van der Waals surface area contributed by atoms with E-state index in [0.29, 0.717) is 18.3 Å². The molecule has 180 valence electrons. The van der Waals surface area contributed by atoms with E-state index in [1.165, 1.54) is 24.5 Å². The van der Waals surface area contributed by atoms with Gasteiger partial charge in [-0.3, -0.25) is 4.79 Å². The van der Waals surface area contributed by atoms with Gasteiger partial charge in [0.2, 0.25) is 5.88 Å². The summed E-state index contributed by atoms with van der Waals surface area (Å²) in [7, 11) is 0. The molecule has 7 nitrogen and oxygen atoms in total. The second-order valence-electron chi connectivity index (χ2n) is 8.29. The Morgan fingerprint density at radius 1 is 1.18 bits per heavy atom. The molecule has 2 atom stereocenters. The summed E-state index contributed by atoms with van der Waals surface area (Å²) in [5, 5.41) is 7.99. The normalized spacial score (nSPS) is 18.7. The van der Waals surface area contributed by atoms with Gasteiger partial charge in [0.05, 0.1) is 29.6 Å². The van der Waals surface area contributed by atoms with E-state index in [9.17, 15) is 22.4 Å². The van der Waals surface area contributed by atoms with Crippen LogP contribution >= 0.6 is 0 Å². The van der Waals surface area contributed by atoms with Crippen molar-refractivity contribution in [1.29, 1.82) is 0 Å². The second kappa shape index (κ2) is 9.40. The number of hydrogen-bond acceptors (Lipinski definition) is 5. The summed E-state index contributed by atoms with van der Waals surface area (Å²) in [6, 6.07) is 4.46. The minimum Gasteiger partial charge on any atom is -0.475 e. The van der Waals surface area contributed by atoms with E-state index in [-0.39, 0.29) is 41.6 Å². The van der Waals surface area contributed by atoms with Crippen LogP contribution in [0.5, 0.6) is 5.88 Å². The van der Waals surface area contributed by atoms with Gasteiger partial charge in [0, 0.05) is 18.8 Å². The zero-order valence-corrected chi connectivity index (χ0v) is 18.6. The third-order valence-electron chi connectivity index (χ3n) is 6.01. The molecule has 1 fully saturated rings. The lowest BCUT2D eigenvalue weighted by molar-refractivity contribution is -0.137. The molecule has 0 unspecified atom stereocenters. The third-order valence-corrected chi connectivity index (χ3v) is 6.01. The van der Waals surface area contributed by atoms with Gasteiger partial charge in [0.1, 0.15) is 12.3 Å². The van der Waals surface area contributed by atoms with Crippen molar-refractivity contribution >= 4 is 5.91 Å². The molecular weight excluding hydrogens is 454 g/mol. The molecule has 0 bridgehead atoms. The van der Waals surface area contributed by atoms with E-state index >= 15 is 0 Å². The van der Waals surface area contributed by atoms with E-state index in [0.717, 1.165) is 29.8 Å². The minimum absolute atomic E-state index is 0.0292. The van der Waals surface area contributed by atoms with Crippen LogP contribution in [0.3, 0.4) is 0 Å². The molecule has 1 saturated heterocycles. The number of amides is 1. The van der Waals surface area contributed by atoms with Crippen LogP contribution < -0.4 is 4.74 Å². The van der Waals surface area contributed by atoms with Gasteiger partial charge >= 0.3 is 6.18 Å². The lowest BCUT2D eigenvalue weighted by atomic mass is 9.90. The fourth-order valence-electron chi connectivity index (χ4n) is 4.17. The van der Waals surface area contributed by atoms with Crippen molar-refractivity contribution in [3.8, 4) is 11.6 Å². The largest absolute Gasteiger partial charge is 0.475 e. The fourth-order valence-corrected chi connectivity index (χ4v) is 4.17. The molecule has 3 aromatic rings. The summed E-state index contributed by atoms with van der Waals surface area (Å²) in [4.78, 5) is 20.2. The summed E-state index contributed by atoms with van der Waals surface area (Å²) in [5.41, 5.74) is -0.176. The molecule has 1 aliphatic heterocycles. The molecule has 4 rings (SSSR count). The van der Waals surface area contributed by atoms with E-state index < -0.39 is 17.6 Å². The second-order valence-corrected chi connectivity index (χ2v) is 8.29. The number of aromatic nitrogens is 4. The molecule has 34 heavy (non-hydrogen) atoms. The molecule has 1 aromatic carbocycles. The van der Waals surface area contributed by atoms with Crippen molar-refractivity contribution in [2.75, 3.05) is 13.2 Å². The predicted octanol–water partition coefficient (Wildman–Crippen LogP) is 4.45. The molecule has 0 spiro atoms. The van der Waals surface area contributed by atoms with Crippen molar-refractivity contribution in [3.63, 3.8) is 0 Å². The highest BCUT2D eigenvalue weighted by atomic mass is 19.4. The van der Waals surface area contributed by atoms with Crippen LogP contribution in [-0.4, -0.2) is 50.0 Å². The maximum absolute atomic E-state index is 14.8. The van der Waals surface area contributed by atoms with Crippen LogP contribution in [0.15, 0.2) is 42.9 Å². The van der Waals surface area contributed by atoms with E-state index in [1.807, 2.05) is 6.92 Å². The first-order chi connectivity index (χ1) is 16.2. The van der Waals surface area contributed by atoms with Gasteiger partial charge in [-0.2, -0.15) is 23.4 Å². The van der Waals surface area contributed by atoms with Crippen LogP contribution in [0.1, 0.15) is 41.3 Å². The van der Waals surface area contributed by atoms with Crippen molar-refractivity contribution in [2.45, 2.75) is 38.9 Å². The number of benzene rings is 1. The lowest BCUT2D eigenvalue weighted by Crippen LogP contribution is -2.51. The average Bonchev–Trinajstić information content (AvgIpc) is 3.33. The quantitative estimate of drug-likeness (QED) is 0.508. The highest BCUT2D eigenvalue weighted by Crippen LogP contribution is 2.31. The van der Waals surface area contributed by atoms with Gasteiger partial charge in [-0.1, -0.05) is 13.0 Å². The molecular formula is C23H23F4N5O2. The number of carbonyl (C=O) groups excluding carboxylic acids is 1. The SMILES string of the molecule is Cc1ccc(F)c(-n2nccn2)c1C(=O)N1CCC[C@@H](C)[C@H]1COc1ccc(C(F)(F)F)cn1. The molecule has 3 heterocycles. The van der Waals surface area contributed by atoms with Gasteiger partial charge in [0.25, 0.3) is 5.91 Å². The molecule has 1 aliphatic rings. The standard InChI is InChI=1S/C23H23F4N5O2/c1-14-4-3-11-31(18(14)13-34-19-8-6-16(12-28-19)23(25,26)27)22(33)20-15(2)5-7-17(24)21(20)32-29-9-10-30-32/h5-10,12,14,18H,3-4,11,13H2,1-2H3/t14-,18-/m1/s1. The van der Waals surface area contributed by atoms with E-state index in [4.69, 9.17) is 4.74 Å². The van der Waals surface area contributed by atoms with Gasteiger partial charge in [-0.05, 0) is 43.4 Å². The Morgan fingerprint density at radius 2 is 1.91 bits per heavy atom. The Bertz CT molecular complexity index is 1150. The number of rotatable bonds is 5. The van der Waals surface area contributed by atoms with E-state index in [2.05, 4.69) is 15.2 Å². The molecule has 2 aromatic heterocycles. The zero-order valence-electron chi connectivity index (χ0n) is 18.6. The smallest absolute Gasteiger partial charge is 0.417 e. The molecule has 0 saturated carbocycles. The molecule has 0 radical (unpaired) electrons. The zero-order chi connectivity index (χ0) is 24.5. The number of carbonyl (C=O) groups is 1. The number of hydrogen-bond donors (Lipinski definition) is 0. The van der Waals surface area contributed by atoms with Gasteiger partial charge in [-0.15, -0.1) is 4.80 Å². The van der Waals surface area contributed by atoms with Crippen molar-refractivity contribution < 1.29 is 27.1 Å². The number of halogens is 4.